The number of hydrogen-bond acceptors (Lipinski definition) is 17. The van der Waals surface area contributed by atoms with E-state index in [1.165, 1.54) is 0 Å². The second kappa shape index (κ2) is 13.7. The van der Waals surface area contributed by atoms with Crippen molar-refractivity contribution in [3.63, 3.8) is 0 Å². The summed E-state index contributed by atoms with van der Waals surface area (Å²) in [5, 5.41) is 92.6. The monoisotopic (exact) mass is 596 g/mol. The van der Waals surface area contributed by atoms with E-state index in [4.69, 9.17) is 42.3 Å². The van der Waals surface area contributed by atoms with Crippen LogP contribution in [-0.2, 0) is 23.7 Å². The lowest BCUT2D eigenvalue weighted by Crippen LogP contribution is -2.76. The first kappa shape index (κ1) is 33.1. The summed E-state index contributed by atoms with van der Waals surface area (Å²) in [6, 6.07) is -4.78. The Kier molecular flexibility index (Phi) is 11.7. The minimum absolute atomic E-state index is 0. The van der Waals surface area contributed by atoms with Crippen molar-refractivity contribution in [2.45, 2.75) is 111 Å². The molecule has 0 spiro atoms. The Morgan fingerprint density at radius 3 is 1.87 bits per heavy atom. The van der Waals surface area contributed by atoms with Gasteiger partial charge in [-0.25, -0.2) is 0 Å². The maximum absolute atomic E-state index is 11.0. The van der Waals surface area contributed by atoms with Crippen molar-refractivity contribution in [3.05, 3.63) is 0 Å². The van der Waals surface area contributed by atoms with Gasteiger partial charge in [-0.1, -0.05) is 13.3 Å². The van der Waals surface area contributed by atoms with Crippen LogP contribution in [0.25, 0.3) is 0 Å². The zero-order valence-electron chi connectivity index (χ0n) is 22.2. The zero-order valence-corrected chi connectivity index (χ0v) is 22.0. The van der Waals surface area contributed by atoms with E-state index < -0.39 is 111 Å². The second-order valence-corrected chi connectivity index (χ2v) is 9.80. The van der Waals surface area contributed by atoms with E-state index >= 15 is 0 Å². The highest BCUT2D eigenvalue weighted by molar-refractivity contribution is 5.85. The maximum Gasteiger partial charge on any atom is 0.213 e. The number of rotatable bonds is 9. The van der Waals surface area contributed by atoms with Gasteiger partial charge in [-0.2, -0.15) is 0 Å². The van der Waals surface area contributed by atoms with Crippen LogP contribution in [0.5, 0.6) is 0 Å². The number of hydrogen-bond donors (Lipinski definition) is 12. The fraction of sp³-hybridized carbons (Fsp3) is 1.00. The van der Waals surface area contributed by atoms with Gasteiger partial charge in [0.25, 0.3) is 0 Å². The van der Waals surface area contributed by atoms with Gasteiger partial charge in [0.1, 0.15) is 54.3 Å². The number of nitrogens with two attached hydrogens (primary N) is 3. The molecular formula is C21H42ClN3O14. The van der Waals surface area contributed by atoms with E-state index in [-0.39, 0.29) is 25.2 Å². The fourth-order valence-corrected chi connectivity index (χ4v) is 4.88. The molecule has 3 aliphatic rings. The standard InChI is InChI=1S/C21H41N3O14.ClH/c1-2-3-20(6-27)19(31)21(32,33)15(24)18(38-20)37-14-8(5-26)35-17(10(23)12(14)29)36-13-7(4-25)34-16(30)9(22)11(13)28;/h7-19,25-33H,2-6,22-24H2,1H3;1H/t7-,8-,9-,10-,11-,12-,13?,14?,15-,16-,17+,18+,19+,20-;/m1./s1/i19D;. The molecule has 3 rings (SSSR count). The van der Waals surface area contributed by atoms with Crippen molar-refractivity contribution in [2.75, 3.05) is 19.8 Å². The van der Waals surface area contributed by atoms with Crippen molar-refractivity contribution in [3.8, 4) is 0 Å². The fourth-order valence-electron chi connectivity index (χ4n) is 4.88. The lowest BCUT2D eigenvalue weighted by atomic mass is 9.81. The molecule has 39 heavy (non-hydrogen) atoms. The third kappa shape index (κ3) is 6.51. The molecule has 232 valence electrons. The molecule has 3 fully saturated rings. The molecule has 3 heterocycles. The van der Waals surface area contributed by atoms with Crippen LogP contribution in [0, 0.1) is 0 Å². The summed E-state index contributed by atoms with van der Waals surface area (Å²) >= 11 is 0. The smallest absolute Gasteiger partial charge is 0.213 e. The highest BCUT2D eigenvalue weighted by Crippen LogP contribution is 2.39. The Morgan fingerprint density at radius 2 is 1.36 bits per heavy atom. The predicted octanol–water partition coefficient (Wildman–Crippen LogP) is -6.76. The van der Waals surface area contributed by atoms with Gasteiger partial charge >= 0.3 is 0 Å². The quantitative estimate of drug-likeness (QED) is 0.110. The molecular weight excluding hydrogens is 554 g/mol. The van der Waals surface area contributed by atoms with Crippen molar-refractivity contribution >= 4 is 12.4 Å². The first-order valence-electron chi connectivity index (χ1n) is 12.7. The third-order valence-electron chi connectivity index (χ3n) is 7.19. The summed E-state index contributed by atoms with van der Waals surface area (Å²) in [5.41, 5.74) is 15.4. The van der Waals surface area contributed by atoms with Crippen LogP contribution in [-0.4, -0.2) is 157 Å². The van der Waals surface area contributed by atoms with Gasteiger partial charge < -0.3 is 86.8 Å². The molecule has 0 aliphatic carbocycles. The summed E-state index contributed by atoms with van der Waals surface area (Å²) in [7, 11) is 0. The Bertz CT molecular complexity index is 819. The van der Waals surface area contributed by atoms with Crippen molar-refractivity contribution in [1.29, 1.82) is 0 Å². The molecule has 17 nitrogen and oxygen atoms in total. The SMILES string of the molecule is Cl.[2H][C@@]1(O)C(O)(O)[C@H](N)[C@@H](OC2[C@@H](CO)O[C@@H](OC3[C@@H](CO)O[C@@H](O)[C@H](N)[C@H]3O)[C@H](N)[C@H]2O)O[C@@]1(CO)CCC. The van der Waals surface area contributed by atoms with E-state index in [9.17, 15) is 46.0 Å². The van der Waals surface area contributed by atoms with Crippen LogP contribution in [0.15, 0.2) is 0 Å². The van der Waals surface area contributed by atoms with E-state index in [1.54, 1.807) is 6.92 Å². The van der Waals surface area contributed by atoms with Gasteiger partial charge in [0.2, 0.25) is 5.79 Å². The van der Waals surface area contributed by atoms with E-state index in [2.05, 4.69) is 0 Å². The van der Waals surface area contributed by atoms with Gasteiger partial charge in [-0.15, -0.1) is 12.4 Å². The minimum atomic E-state index is -3.36. The molecule has 0 bridgehead atoms. The summed E-state index contributed by atoms with van der Waals surface area (Å²) in [5.74, 6) is -3.36. The molecule has 2 unspecified atom stereocenters. The highest BCUT2D eigenvalue weighted by Gasteiger charge is 2.62. The van der Waals surface area contributed by atoms with Crippen molar-refractivity contribution in [1.82, 2.24) is 0 Å². The van der Waals surface area contributed by atoms with Crippen LogP contribution in [0.3, 0.4) is 0 Å². The first-order chi connectivity index (χ1) is 18.1. The Hall–Kier alpha value is -0.390. The van der Waals surface area contributed by atoms with Crippen LogP contribution in [0.4, 0.5) is 0 Å². The molecule has 0 amide bonds. The van der Waals surface area contributed by atoms with E-state index in [0.717, 1.165) is 0 Å². The number of halogens is 1. The lowest BCUT2D eigenvalue weighted by Gasteiger charge is -2.53. The normalized spacial score (nSPS) is 50.6. The Labute approximate surface area is 231 Å². The highest BCUT2D eigenvalue weighted by atomic mass is 35.5. The van der Waals surface area contributed by atoms with Crippen molar-refractivity contribution in [2.24, 2.45) is 17.2 Å². The number of aliphatic hydroxyl groups excluding tert-OH is 6. The van der Waals surface area contributed by atoms with Gasteiger partial charge in [-0.05, 0) is 6.42 Å². The number of ether oxygens (including phenoxy) is 5. The average molecular weight is 597 g/mol. The Morgan fingerprint density at radius 1 is 0.846 bits per heavy atom. The Balaban J connectivity index is 0.00000560. The molecule has 15 N–H and O–H groups in total. The maximum atomic E-state index is 11.0. The van der Waals surface area contributed by atoms with Gasteiger partial charge in [0, 0.05) is 0 Å². The van der Waals surface area contributed by atoms with Crippen LogP contribution < -0.4 is 17.2 Å². The third-order valence-corrected chi connectivity index (χ3v) is 7.19. The molecule has 0 aromatic heterocycles. The summed E-state index contributed by atoms with van der Waals surface area (Å²) in [6.45, 7) is -0.916. The zero-order chi connectivity index (χ0) is 29.5. The lowest BCUT2D eigenvalue weighted by molar-refractivity contribution is -0.402. The first-order valence-corrected chi connectivity index (χ1v) is 12.2. The summed E-state index contributed by atoms with van der Waals surface area (Å²) in [4.78, 5) is 0. The molecule has 3 saturated heterocycles. The topological polar surface area (TPSA) is 306 Å². The van der Waals surface area contributed by atoms with Crippen molar-refractivity contribution < 1.29 is 71.0 Å². The minimum Gasteiger partial charge on any atom is -0.394 e. The molecule has 0 aromatic carbocycles. The summed E-state index contributed by atoms with van der Waals surface area (Å²) < 4.78 is 35.9. The molecule has 0 aromatic rings. The van der Waals surface area contributed by atoms with Crippen LogP contribution >= 0.6 is 12.4 Å². The molecule has 18 heteroatoms. The second-order valence-electron chi connectivity index (χ2n) is 9.80. The molecule has 14 atom stereocenters. The molecule has 0 radical (unpaired) electrons. The molecule has 3 aliphatic heterocycles. The van der Waals surface area contributed by atoms with Gasteiger partial charge in [-0.3, -0.25) is 0 Å². The van der Waals surface area contributed by atoms with Crippen LogP contribution in [0.2, 0.25) is 0 Å². The predicted molar refractivity (Wildman–Crippen MR) is 129 cm³/mol. The largest absolute Gasteiger partial charge is 0.394 e. The summed E-state index contributed by atoms with van der Waals surface area (Å²) in [6.07, 6.45) is -17.1. The average Bonchev–Trinajstić information content (AvgIpc) is 2.90. The van der Waals surface area contributed by atoms with Gasteiger partial charge in [0.15, 0.2) is 18.9 Å². The van der Waals surface area contributed by atoms with E-state index in [0.29, 0.717) is 0 Å². The van der Waals surface area contributed by atoms with E-state index in [1.807, 2.05) is 0 Å². The number of aliphatic hydroxyl groups is 9. The molecule has 0 saturated carbocycles. The van der Waals surface area contributed by atoms with Gasteiger partial charge in [0.05, 0.1) is 33.3 Å². The van der Waals surface area contributed by atoms with Crippen LogP contribution in [0.1, 0.15) is 21.1 Å².